The number of aryl methyl sites for hydroxylation is 1. The van der Waals surface area contributed by atoms with Gasteiger partial charge in [0.05, 0.1) is 35.5 Å². The summed E-state index contributed by atoms with van der Waals surface area (Å²) in [7, 11) is 0. The fourth-order valence-electron chi connectivity index (χ4n) is 3.61. The second-order valence-corrected chi connectivity index (χ2v) is 8.51. The van der Waals surface area contributed by atoms with E-state index in [1.807, 2.05) is 36.6 Å². The molecule has 164 valence electrons. The summed E-state index contributed by atoms with van der Waals surface area (Å²) >= 11 is 1.55. The molecular weight excluding hydrogens is 426 g/mol. The van der Waals surface area contributed by atoms with E-state index >= 15 is 0 Å². The molecule has 1 aromatic carbocycles. The Balaban J connectivity index is 1.26. The molecule has 0 atom stereocenters. The standard InChI is InChI=1S/C22H23N7O2S/c1-14-23-11-19-20(25-14)18(13-32-19)27-17-10-24-28-21(17)22(30)26-16-4-2-15(3-5-16)12-29-6-8-31-9-7-29/h2-5,10-11,13,27H,6-9,12H2,1H3,(H,24,28)(H,26,30). The van der Waals surface area contributed by atoms with Gasteiger partial charge in [0, 0.05) is 36.9 Å². The van der Waals surface area contributed by atoms with Gasteiger partial charge in [-0.2, -0.15) is 5.10 Å². The SMILES string of the molecule is Cc1ncc2scc(Nc3cn[nH]c3C(=O)Nc3ccc(CN4CCOCC4)cc3)c2n1. The summed E-state index contributed by atoms with van der Waals surface area (Å²) in [6.07, 6.45) is 3.40. The van der Waals surface area contributed by atoms with E-state index in [0.29, 0.717) is 17.2 Å². The monoisotopic (exact) mass is 449 g/mol. The van der Waals surface area contributed by atoms with Crippen LogP contribution in [0.15, 0.2) is 42.0 Å². The van der Waals surface area contributed by atoms with Crippen LogP contribution in [0.4, 0.5) is 17.1 Å². The van der Waals surface area contributed by atoms with Gasteiger partial charge in [-0.25, -0.2) is 9.97 Å². The van der Waals surface area contributed by atoms with Gasteiger partial charge in [-0.05, 0) is 24.6 Å². The third kappa shape index (κ3) is 4.47. The van der Waals surface area contributed by atoms with Crippen LogP contribution < -0.4 is 10.6 Å². The van der Waals surface area contributed by atoms with Crippen LogP contribution >= 0.6 is 11.3 Å². The Bertz CT molecular complexity index is 1230. The highest BCUT2D eigenvalue weighted by atomic mass is 32.1. The number of H-pyrrole nitrogens is 1. The van der Waals surface area contributed by atoms with Crippen LogP contribution in [0.5, 0.6) is 0 Å². The molecule has 0 aliphatic carbocycles. The highest BCUT2D eigenvalue weighted by molar-refractivity contribution is 7.17. The van der Waals surface area contributed by atoms with E-state index in [0.717, 1.165) is 54.4 Å². The zero-order valence-corrected chi connectivity index (χ0v) is 18.4. The zero-order valence-electron chi connectivity index (χ0n) is 17.6. The van der Waals surface area contributed by atoms with Crippen molar-refractivity contribution in [2.45, 2.75) is 13.5 Å². The van der Waals surface area contributed by atoms with Crippen LogP contribution in [-0.4, -0.2) is 57.3 Å². The Kier molecular flexibility index (Phi) is 5.80. The quantitative estimate of drug-likeness (QED) is 0.413. The van der Waals surface area contributed by atoms with E-state index in [2.05, 4.69) is 35.7 Å². The Morgan fingerprint density at radius 3 is 2.81 bits per heavy atom. The molecule has 3 N–H and O–H groups in total. The minimum absolute atomic E-state index is 0.267. The van der Waals surface area contributed by atoms with Crippen LogP contribution in [0.3, 0.4) is 0 Å². The number of aromatic amines is 1. The number of carbonyl (C=O) groups is 1. The van der Waals surface area contributed by atoms with Crippen molar-refractivity contribution in [2.24, 2.45) is 0 Å². The van der Waals surface area contributed by atoms with Gasteiger partial charge < -0.3 is 15.4 Å². The highest BCUT2D eigenvalue weighted by Gasteiger charge is 2.17. The Labute approximate surface area is 188 Å². The molecule has 1 aliphatic rings. The van der Waals surface area contributed by atoms with Crippen LogP contribution in [0.2, 0.25) is 0 Å². The summed E-state index contributed by atoms with van der Waals surface area (Å²) in [6, 6.07) is 7.92. The molecule has 3 aromatic heterocycles. The maximum Gasteiger partial charge on any atom is 0.275 e. The van der Waals surface area contributed by atoms with Gasteiger partial charge in [0.15, 0.2) is 0 Å². The largest absolute Gasteiger partial charge is 0.379 e. The fraction of sp³-hybridized carbons (Fsp3) is 0.273. The third-order valence-corrected chi connectivity index (χ3v) is 6.20. The van der Waals surface area contributed by atoms with Crippen molar-refractivity contribution in [2.75, 3.05) is 36.9 Å². The molecule has 10 heteroatoms. The number of aromatic nitrogens is 4. The smallest absolute Gasteiger partial charge is 0.275 e. The van der Waals surface area contributed by atoms with Gasteiger partial charge in [-0.3, -0.25) is 14.8 Å². The van der Waals surface area contributed by atoms with Crippen molar-refractivity contribution < 1.29 is 9.53 Å². The molecule has 5 rings (SSSR count). The van der Waals surface area contributed by atoms with Gasteiger partial charge in [-0.1, -0.05) is 12.1 Å². The van der Waals surface area contributed by atoms with Gasteiger partial charge in [0.2, 0.25) is 0 Å². The summed E-state index contributed by atoms with van der Waals surface area (Å²) in [5.41, 5.74) is 4.51. The van der Waals surface area contributed by atoms with Crippen molar-refractivity contribution in [1.29, 1.82) is 0 Å². The number of fused-ring (bicyclic) bond motifs is 1. The lowest BCUT2D eigenvalue weighted by molar-refractivity contribution is 0.0342. The summed E-state index contributed by atoms with van der Waals surface area (Å²) in [5, 5.41) is 15.0. The van der Waals surface area contributed by atoms with Gasteiger partial charge in [0.1, 0.15) is 17.0 Å². The number of nitrogens with one attached hydrogen (secondary N) is 3. The number of nitrogens with zero attached hydrogens (tertiary/aromatic N) is 4. The first-order chi connectivity index (χ1) is 15.7. The molecule has 0 saturated carbocycles. The third-order valence-electron chi connectivity index (χ3n) is 5.29. The maximum absolute atomic E-state index is 12.9. The number of anilines is 3. The van der Waals surface area contributed by atoms with Crippen LogP contribution in [0.1, 0.15) is 21.9 Å². The predicted molar refractivity (Wildman–Crippen MR) is 125 cm³/mol. The molecule has 1 aliphatic heterocycles. The normalized spacial score (nSPS) is 14.5. The lowest BCUT2D eigenvalue weighted by atomic mass is 10.2. The Hall–Kier alpha value is -3.34. The minimum Gasteiger partial charge on any atom is -0.379 e. The molecule has 32 heavy (non-hydrogen) atoms. The molecule has 9 nitrogen and oxygen atoms in total. The van der Waals surface area contributed by atoms with E-state index in [9.17, 15) is 4.79 Å². The number of morpholine rings is 1. The molecule has 4 aromatic rings. The summed E-state index contributed by atoms with van der Waals surface area (Å²) < 4.78 is 6.37. The fourth-order valence-corrected chi connectivity index (χ4v) is 4.40. The van der Waals surface area contributed by atoms with Crippen molar-refractivity contribution in [3.05, 3.63) is 59.1 Å². The molecule has 0 spiro atoms. The van der Waals surface area contributed by atoms with E-state index in [1.54, 1.807) is 23.7 Å². The molecule has 1 amide bonds. The van der Waals surface area contributed by atoms with Gasteiger partial charge in [-0.15, -0.1) is 11.3 Å². The molecule has 0 unspecified atom stereocenters. The number of benzene rings is 1. The molecular formula is C22H23N7O2S. The van der Waals surface area contributed by atoms with E-state index in [-0.39, 0.29) is 5.91 Å². The van der Waals surface area contributed by atoms with Crippen molar-refractivity contribution >= 4 is 44.5 Å². The van der Waals surface area contributed by atoms with Crippen molar-refractivity contribution in [1.82, 2.24) is 25.1 Å². The lowest BCUT2D eigenvalue weighted by Crippen LogP contribution is -2.35. The van der Waals surface area contributed by atoms with Crippen LogP contribution in [0, 0.1) is 6.92 Å². The first-order valence-electron chi connectivity index (χ1n) is 10.4. The number of hydrogen-bond donors (Lipinski definition) is 3. The predicted octanol–water partition coefficient (Wildman–Crippen LogP) is 3.55. The topological polar surface area (TPSA) is 108 Å². The van der Waals surface area contributed by atoms with E-state index < -0.39 is 0 Å². The van der Waals surface area contributed by atoms with Gasteiger partial charge >= 0.3 is 0 Å². The van der Waals surface area contributed by atoms with Crippen molar-refractivity contribution in [3.8, 4) is 0 Å². The van der Waals surface area contributed by atoms with Crippen LogP contribution in [0.25, 0.3) is 10.2 Å². The van der Waals surface area contributed by atoms with Crippen molar-refractivity contribution in [3.63, 3.8) is 0 Å². The number of carbonyl (C=O) groups excluding carboxylic acids is 1. The second kappa shape index (κ2) is 9.03. The molecule has 1 fully saturated rings. The Morgan fingerprint density at radius 1 is 1.19 bits per heavy atom. The Morgan fingerprint density at radius 2 is 2.00 bits per heavy atom. The second-order valence-electron chi connectivity index (χ2n) is 7.60. The lowest BCUT2D eigenvalue weighted by Gasteiger charge is -2.26. The highest BCUT2D eigenvalue weighted by Crippen LogP contribution is 2.31. The maximum atomic E-state index is 12.9. The molecule has 0 radical (unpaired) electrons. The average molecular weight is 450 g/mol. The van der Waals surface area contributed by atoms with E-state index in [1.165, 1.54) is 5.56 Å². The molecule has 4 heterocycles. The summed E-state index contributed by atoms with van der Waals surface area (Å²) in [4.78, 5) is 24.0. The number of rotatable bonds is 6. The first-order valence-corrected chi connectivity index (χ1v) is 11.3. The molecule has 0 bridgehead atoms. The number of ether oxygens (including phenoxy) is 1. The average Bonchev–Trinajstić information content (AvgIpc) is 3.43. The van der Waals surface area contributed by atoms with E-state index in [4.69, 9.17) is 4.74 Å². The minimum atomic E-state index is -0.267. The molecule has 1 saturated heterocycles. The number of amides is 1. The number of hydrogen-bond acceptors (Lipinski definition) is 8. The van der Waals surface area contributed by atoms with Crippen LogP contribution in [-0.2, 0) is 11.3 Å². The zero-order chi connectivity index (χ0) is 21.9. The summed E-state index contributed by atoms with van der Waals surface area (Å²) in [5.74, 6) is 0.428. The first kappa shape index (κ1) is 20.6. The number of thiophene rings is 1. The summed E-state index contributed by atoms with van der Waals surface area (Å²) in [6.45, 7) is 6.18. The van der Waals surface area contributed by atoms with Gasteiger partial charge in [0.25, 0.3) is 5.91 Å².